The Morgan fingerprint density at radius 1 is 1.44 bits per heavy atom. The maximum Gasteiger partial charge on any atom is 0.341 e. The molecule has 0 spiro atoms. The molecule has 3 rings (SSSR count). The van der Waals surface area contributed by atoms with E-state index in [0.29, 0.717) is 35.9 Å². The number of hydrogen-bond donors (Lipinski definition) is 1. The number of rotatable bonds is 5. The van der Waals surface area contributed by atoms with Gasteiger partial charge in [0.2, 0.25) is 5.91 Å². The van der Waals surface area contributed by atoms with Crippen LogP contribution in [0.15, 0.2) is 0 Å². The SMILES string of the molecule is CCOC(=O)c1c(NC(C)=O)sc2c1CCC(C#N)(CC1CCC1)C2. The molecule has 1 atom stereocenters. The molecule has 0 bridgehead atoms. The zero-order chi connectivity index (χ0) is 18.0. The zero-order valence-electron chi connectivity index (χ0n) is 14.8. The van der Waals surface area contributed by atoms with Crippen molar-refractivity contribution in [1.82, 2.24) is 0 Å². The van der Waals surface area contributed by atoms with Gasteiger partial charge < -0.3 is 10.1 Å². The minimum atomic E-state index is -0.382. The Kier molecular flexibility index (Phi) is 5.14. The highest BCUT2D eigenvalue weighted by Gasteiger charge is 2.41. The molecule has 1 aromatic heterocycles. The molecule has 2 aliphatic rings. The van der Waals surface area contributed by atoms with Crippen molar-refractivity contribution < 1.29 is 14.3 Å². The fourth-order valence-corrected chi connectivity index (χ4v) is 5.34. The summed E-state index contributed by atoms with van der Waals surface area (Å²) < 4.78 is 5.20. The van der Waals surface area contributed by atoms with Crippen molar-refractivity contribution in [3.63, 3.8) is 0 Å². The van der Waals surface area contributed by atoms with Crippen molar-refractivity contribution in [3.8, 4) is 6.07 Å². The number of amides is 1. The summed E-state index contributed by atoms with van der Waals surface area (Å²) in [7, 11) is 0. The summed E-state index contributed by atoms with van der Waals surface area (Å²) in [6.07, 6.45) is 6.82. The van der Waals surface area contributed by atoms with Gasteiger partial charge in [0, 0.05) is 18.2 Å². The molecule has 1 unspecified atom stereocenters. The second kappa shape index (κ2) is 7.17. The molecule has 0 radical (unpaired) electrons. The van der Waals surface area contributed by atoms with Crippen LogP contribution in [0.2, 0.25) is 0 Å². The third-order valence-electron chi connectivity index (χ3n) is 5.35. The zero-order valence-corrected chi connectivity index (χ0v) is 15.6. The van der Waals surface area contributed by atoms with Crippen LogP contribution in [-0.4, -0.2) is 18.5 Å². The minimum Gasteiger partial charge on any atom is -0.462 e. The van der Waals surface area contributed by atoms with Crippen LogP contribution in [0, 0.1) is 22.7 Å². The van der Waals surface area contributed by atoms with E-state index in [2.05, 4.69) is 11.4 Å². The largest absolute Gasteiger partial charge is 0.462 e. The number of carbonyl (C=O) groups is 2. The van der Waals surface area contributed by atoms with E-state index in [1.165, 1.54) is 37.5 Å². The van der Waals surface area contributed by atoms with Gasteiger partial charge in [-0.1, -0.05) is 19.3 Å². The quantitative estimate of drug-likeness (QED) is 0.803. The van der Waals surface area contributed by atoms with Crippen molar-refractivity contribution in [2.24, 2.45) is 11.3 Å². The Morgan fingerprint density at radius 3 is 2.76 bits per heavy atom. The number of hydrogen-bond acceptors (Lipinski definition) is 5. The molecule has 1 N–H and O–H groups in total. The van der Waals surface area contributed by atoms with Crippen LogP contribution in [0.4, 0.5) is 5.00 Å². The van der Waals surface area contributed by atoms with E-state index in [1.54, 1.807) is 6.92 Å². The number of fused-ring (bicyclic) bond motifs is 1. The maximum absolute atomic E-state index is 12.4. The Morgan fingerprint density at radius 2 is 2.20 bits per heavy atom. The first-order valence-corrected chi connectivity index (χ1v) is 9.80. The lowest BCUT2D eigenvalue weighted by molar-refractivity contribution is -0.114. The van der Waals surface area contributed by atoms with Crippen molar-refractivity contribution in [2.45, 2.75) is 58.8 Å². The topological polar surface area (TPSA) is 79.2 Å². The molecule has 0 aromatic carbocycles. The molecule has 1 fully saturated rings. The van der Waals surface area contributed by atoms with Crippen LogP contribution in [-0.2, 0) is 22.4 Å². The van der Waals surface area contributed by atoms with Gasteiger partial charge in [0.05, 0.1) is 23.7 Å². The van der Waals surface area contributed by atoms with E-state index in [1.807, 2.05) is 0 Å². The Balaban J connectivity index is 1.92. The summed E-state index contributed by atoms with van der Waals surface area (Å²) in [5.41, 5.74) is 1.13. The number of nitriles is 1. The van der Waals surface area contributed by atoms with E-state index >= 15 is 0 Å². The van der Waals surface area contributed by atoms with E-state index < -0.39 is 0 Å². The maximum atomic E-state index is 12.4. The molecule has 5 nitrogen and oxygen atoms in total. The fourth-order valence-electron chi connectivity index (χ4n) is 3.91. The lowest BCUT2D eigenvalue weighted by Crippen LogP contribution is -2.31. The number of ether oxygens (including phenoxy) is 1. The molecule has 0 saturated heterocycles. The van der Waals surface area contributed by atoms with E-state index in [4.69, 9.17) is 4.74 Å². The number of nitrogens with zero attached hydrogens (tertiary/aromatic N) is 1. The highest BCUT2D eigenvalue weighted by molar-refractivity contribution is 7.17. The van der Waals surface area contributed by atoms with E-state index in [9.17, 15) is 14.9 Å². The second-order valence-corrected chi connectivity index (χ2v) is 8.28. The summed E-state index contributed by atoms with van der Waals surface area (Å²) >= 11 is 1.43. The summed E-state index contributed by atoms with van der Waals surface area (Å²) in [4.78, 5) is 25.0. The minimum absolute atomic E-state index is 0.204. The normalized spacial score (nSPS) is 22.4. The highest BCUT2D eigenvalue weighted by Crippen LogP contribution is 2.48. The highest BCUT2D eigenvalue weighted by atomic mass is 32.1. The molecule has 0 aliphatic heterocycles. The van der Waals surface area contributed by atoms with Crippen LogP contribution in [0.1, 0.15) is 66.8 Å². The monoisotopic (exact) mass is 360 g/mol. The lowest BCUT2D eigenvalue weighted by atomic mass is 9.66. The Labute approximate surface area is 152 Å². The molecule has 1 saturated carbocycles. The van der Waals surface area contributed by atoms with Gasteiger partial charge in [-0.25, -0.2) is 4.79 Å². The van der Waals surface area contributed by atoms with Crippen molar-refractivity contribution in [1.29, 1.82) is 5.26 Å². The predicted octanol–water partition coefficient (Wildman–Crippen LogP) is 4.07. The average molecular weight is 360 g/mol. The molecule has 25 heavy (non-hydrogen) atoms. The Bertz CT molecular complexity index is 730. The van der Waals surface area contributed by atoms with Crippen molar-refractivity contribution >= 4 is 28.2 Å². The first-order chi connectivity index (χ1) is 12.0. The van der Waals surface area contributed by atoms with Crippen molar-refractivity contribution in [2.75, 3.05) is 11.9 Å². The van der Waals surface area contributed by atoms with Crippen molar-refractivity contribution in [3.05, 3.63) is 16.0 Å². The standard InChI is InChI=1S/C19H24N2O3S/c1-3-24-18(23)16-14-7-8-19(11-20,9-13-5-4-6-13)10-15(14)25-17(16)21-12(2)22/h13H,3-10H2,1-2H3,(H,21,22). The summed E-state index contributed by atoms with van der Waals surface area (Å²) in [6, 6.07) is 2.58. The van der Waals surface area contributed by atoms with E-state index in [-0.39, 0.29) is 17.3 Å². The summed E-state index contributed by atoms with van der Waals surface area (Å²) in [6.45, 7) is 3.50. The molecular weight excluding hydrogens is 336 g/mol. The fraction of sp³-hybridized carbons (Fsp3) is 0.632. The number of thiophene rings is 1. The first-order valence-electron chi connectivity index (χ1n) is 8.98. The third-order valence-corrected chi connectivity index (χ3v) is 6.50. The average Bonchev–Trinajstić information content (AvgIpc) is 2.87. The van der Waals surface area contributed by atoms with Crippen LogP contribution in [0.5, 0.6) is 0 Å². The third kappa shape index (κ3) is 3.57. The number of carbonyl (C=O) groups excluding carboxylic acids is 2. The molecule has 1 heterocycles. The van der Waals surface area contributed by atoms with Gasteiger partial charge in [-0.05, 0) is 37.7 Å². The lowest BCUT2D eigenvalue weighted by Gasteiger charge is -2.37. The summed E-state index contributed by atoms with van der Waals surface area (Å²) in [5.74, 6) is 0.0814. The van der Waals surface area contributed by atoms with Gasteiger partial charge in [-0.15, -0.1) is 11.3 Å². The predicted molar refractivity (Wildman–Crippen MR) is 96.6 cm³/mol. The molecular formula is C19H24N2O3S. The van der Waals surface area contributed by atoms with Crippen LogP contribution >= 0.6 is 11.3 Å². The molecule has 134 valence electrons. The van der Waals surface area contributed by atoms with Crippen LogP contribution in [0.25, 0.3) is 0 Å². The smallest absolute Gasteiger partial charge is 0.341 e. The van der Waals surface area contributed by atoms with Crippen LogP contribution in [0.3, 0.4) is 0 Å². The van der Waals surface area contributed by atoms with E-state index in [0.717, 1.165) is 23.3 Å². The molecule has 1 aromatic rings. The molecule has 6 heteroatoms. The Hall–Kier alpha value is -1.87. The number of anilines is 1. The van der Waals surface area contributed by atoms with Gasteiger partial charge in [-0.2, -0.15) is 5.26 Å². The summed E-state index contributed by atoms with van der Waals surface area (Å²) in [5, 5.41) is 13.2. The number of nitrogens with one attached hydrogen (secondary N) is 1. The second-order valence-electron chi connectivity index (χ2n) is 7.18. The number of esters is 1. The van der Waals surface area contributed by atoms with Gasteiger partial charge >= 0.3 is 5.97 Å². The van der Waals surface area contributed by atoms with Crippen LogP contribution < -0.4 is 5.32 Å². The van der Waals surface area contributed by atoms with Gasteiger partial charge in [0.1, 0.15) is 5.00 Å². The first kappa shape index (κ1) is 17.9. The van der Waals surface area contributed by atoms with Gasteiger partial charge in [-0.3, -0.25) is 4.79 Å². The molecule has 2 aliphatic carbocycles. The van der Waals surface area contributed by atoms with Gasteiger partial charge in [0.15, 0.2) is 0 Å². The van der Waals surface area contributed by atoms with Gasteiger partial charge in [0.25, 0.3) is 0 Å². The molecule has 1 amide bonds.